The van der Waals surface area contributed by atoms with Gasteiger partial charge < -0.3 is 4.74 Å². The molecular formula is C13H18BrNO3S2. The molecule has 1 aromatic carbocycles. The Labute approximate surface area is 132 Å². The molecule has 2 unspecified atom stereocenters. The van der Waals surface area contributed by atoms with Crippen LogP contribution in [-0.2, 0) is 10.0 Å². The van der Waals surface area contributed by atoms with Gasteiger partial charge in [-0.25, -0.2) is 13.1 Å². The van der Waals surface area contributed by atoms with Crippen LogP contribution in [0, 0.1) is 0 Å². The van der Waals surface area contributed by atoms with Gasteiger partial charge in [0.05, 0.1) is 16.5 Å². The second kappa shape index (κ2) is 6.68. The number of ether oxygens (including phenoxy) is 1. The maximum Gasteiger partial charge on any atom is 0.240 e. The lowest BCUT2D eigenvalue weighted by Gasteiger charge is -2.14. The Morgan fingerprint density at radius 2 is 2.15 bits per heavy atom. The van der Waals surface area contributed by atoms with Gasteiger partial charge in [0.2, 0.25) is 10.0 Å². The molecule has 1 saturated carbocycles. The average Bonchev–Trinajstić information content (AvgIpc) is 2.85. The van der Waals surface area contributed by atoms with Gasteiger partial charge in [-0.1, -0.05) is 0 Å². The molecule has 0 amide bonds. The third-order valence-electron chi connectivity index (χ3n) is 3.47. The zero-order chi connectivity index (χ0) is 14.8. The summed E-state index contributed by atoms with van der Waals surface area (Å²) in [6.45, 7) is 0. The van der Waals surface area contributed by atoms with Gasteiger partial charge in [0, 0.05) is 11.3 Å². The Balaban J connectivity index is 2.12. The van der Waals surface area contributed by atoms with E-state index in [4.69, 9.17) is 4.74 Å². The average molecular weight is 380 g/mol. The van der Waals surface area contributed by atoms with Crippen LogP contribution in [0.2, 0.25) is 0 Å². The van der Waals surface area contributed by atoms with Crippen molar-refractivity contribution in [1.82, 2.24) is 4.72 Å². The molecule has 1 N–H and O–H groups in total. The predicted octanol–water partition coefficient (Wildman–Crippen LogP) is 3.02. The molecule has 0 spiro atoms. The summed E-state index contributed by atoms with van der Waals surface area (Å²) < 4.78 is 33.3. The van der Waals surface area contributed by atoms with Crippen LogP contribution in [0.5, 0.6) is 5.75 Å². The van der Waals surface area contributed by atoms with Crippen molar-refractivity contribution in [3.63, 3.8) is 0 Å². The van der Waals surface area contributed by atoms with E-state index >= 15 is 0 Å². The summed E-state index contributed by atoms with van der Waals surface area (Å²) in [4.78, 5) is 0.262. The third kappa shape index (κ3) is 3.69. The van der Waals surface area contributed by atoms with Crippen LogP contribution in [0.3, 0.4) is 0 Å². The Hall–Kier alpha value is -0.240. The highest BCUT2D eigenvalue weighted by Gasteiger charge is 2.28. The van der Waals surface area contributed by atoms with Crippen LogP contribution >= 0.6 is 27.7 Å². The van der Waals surface area contributed by atoms with E-state index in [2.05, 4.69) is 26.9 Å². The van der Waals surface area contributed by atoms with Gasteiger partial charge in [-0.2, -0.15) is 11.8 Å². The Morgan fingerprint density at radius 3 is 2.70 bits per heavy atom. The molecule has 1 aromatic rings. The number of methoxy groups -OCH3 is 1. The van der Waals surface area contributed by atoms with Crippen molar-refractivity contribution in [3.8, 4) is 5.75 Å². The molecule has 1 aliphatic rings. The monoisotopic (exact) mass is 379 g/mol. The van der Waals surface area contributed by atoms with E-state index in [0.717, 1.165) is 19.3 Å². The third-order valence-corrected chi connectivity index (χ3v) is 6.71. The van der Waals surface area contributed by atoms with E-state index in [1.165, 1.54) is 0 Å². The topological polar surface area (TPSA) is 55.4 Å². The first-order chi connectivity index (χ1) is 9.46. The van der Waals surface area contributed by atoms with Crippen molar-refractivity contribution in [2.24, 2.45) is 0 Å². The van der Waals surface area contributed by atoms with E-state index < -0.39 is 10.0 Å². The van der Waals surface area contributed by atoms with Crippen LogP contribution in [-0.4, -0.2) is 33.1 Å². The van der Waals surface area contributed by atoms with Crippen molar-refractivity contribution in [3.05, 3.63) is 22.7 Å². The summed E-state index contributed by atoms with van der Waals surface area (Å²) in [5.41, 5.74) is 0. The minimum absolute atomic E-state index is 0.0401. The van der Waals surface area contributed by atoms with Crippen LogP contribution < -0.4 is 9.46 Å². The van der Waals surface area contributed by atoms with Gasteiger partial charge in [0.15, 0.2) is 0 Å². The first-order valence-electron chi connectivity index (χ1n) is 6.35. The van der Waals surface area contributed by atoms with E-state index in [1.807, 2.05) is 0 Å². The van der Waals surface area contributed by atoms with Crippen LogP contribution in [0.1, 0.15) is 19.3 Å². The smallest absolute Gasteiger partial charge is 0.240 e. The zero-order valence-corrected chi connectivity index (χ0v) is 14.6. The highest BCUT2D eigenvalue weighted by atomic mass is 79.9. The Morgan fingerprint density at radius 1 is 1.40 bits per heavy atom. The molecule has 0 saturated heterocycles. The van der Waals surface area contributed by atoms with Gasteiger partial charge in [0.25, 0.3) is 0 Å². The Kier molecular flexibility index (Phi) is 5.39. The lowest BCUT2D eigenvalue weighted by atomic mass is 10.3. The maximum atomic E-state index is 12.4. The minimum Gasteiger partial charge on any atom is -0.496 e. The molecule has 4 nitrogen and oxygen atoms in total. The molecular weight excluding hydrogens is 362 g/mol. The largest absolute Gasteiger partial charge is 0.496 e. The summed E-state index contributed by atoms with van der Waals surface area (Å²) in [6.07, 6.45) is 4.95. The SMILES string of the molecule is COc1ccc(S(=O)(=O)NC2CCC(SC)C2)cc1Br. The molecule has 112 valence electrons. The summed E-state index contributed by atoms with van der Waals surface area (Å²) >= 11 is 5.12. The van der Waals surface area contributed by atoms with Crippen molar-refractivity contribution < 1.29 is 13.2 Å². The fraction of sp³-hybridized carbons (Fsp3) is 0.538. The van der Waals surface area contributed by atoms with Crippen LogP contribution in [0.25, 0.3) is 0 Å². The summed E-state index contributed by atoms with van der Waals surface area (Å²) in [6, 6.07) is 4.82. The summed E-state index contributed by atoms with van der Waals surface area (Å²) in [5.74, 6) is 0.618. The molecule has 7 heteroatoms. The quantitative estimate of drug-likeness (QED) is 0.853. The maximum absolute atomic E-state index is 12.4. The highest BCUT2D eigenvalue weighted by molar-refractivity contribution is 9.10. The summed E-state index contributed by atoms with van der Waals surface area (Å²) in [5, 5.41) is 0.560. The fourth-order valence-electron chi connectivity index (χ4n) is 2.36. The molecule has 0 heterocycles. The number of sulfonamides is 1. The lowest BCUT2D eigenvalue weighted by Crippen LogP contribution is -2.33. The molecule has 0 radical (unpaired) electrons. The van der Waals surface area contributed by atoms with E-state index in [0.29, 0.717) is 15.5 Å². The molecule has 2 rings (SSSR count). The number of rotatable bonds is 5. The molecule has 0 aliphatic heterocycles. The zero-order valence-electron chi connectivity index (χ0n) is 11.4. The number of nitrogens with one attached hydrogen (secondary N) is 1. The highest BCUT2D eigenvalue weighted by Crippen LogP contribution is 2.30. The standard InChI is InChI=1S/C13H18BrNO3S2/c1-18-13-6-5-11(8-12(13)14)20(16,17)15-9-3-4-10(7-9)19-2/h5-6,8-10,15H,3-4,7H2,1-2H3. The van der Waals surface area contributed by atoms with Gasteiger partial charge in [-0.15, -0.1) is 0 Å². The second-order valence-electron chi connectivity index (χ2n) is 4.79. The van der Waals surface area contributed by atoms with Crippen molar-refractivity contribution in [2.75, 3.05) is 13.4 Å². The van der Waals surface area contributed by atoms with E-state index in [1.54, 1.807) is 37.1 Å². The fourth-order valence-corrected chi connectivity index (χ4v) is 5.16. The van der Waals surface area contributed by atoms with Crippen LogP contribution in [0.4, 0.5) is 0 Å². The van der Waals surface area contributed by atoms with Gasteiger partial charge in [0.1, 0.15) is 5.75 Å². The Bertz CT molecular complexity index is 577. The molecule has 1 aliphatic carbocycles. The lowest BCUT2D eigenvalue weighted by molar-refractivity contribution is 0.411. The summed E-state index contributed by atoms with van der Waals surface area (Å²) in [7, 11) is -1.92. The van der Waals surface area contributed by atoms with Gasteiger partial charge in [-0.05, 0) is 59.6 Å². The molecule has 20 heavy (non-hydrogen) atoms. The van der Waals surface area contributed by atoms with Crippen molar-refractivity contribution in [2.45, 2.75) is 35.4 Å². The minimum atomic E-state index is -3.47. The molecule has 1 fully saturated rings. The normalized spacial score (nSPS) is 22.9. The van der Waals surface area contributed by atoms with Gasteiger partial charge >= 0.3 is 0 Å². The number of hydrogen-bond donors (Lipinski definition) is 1. The molecule has 0 aromatic heterocycles. The van der Waals surface area contributed by atoms with E-state index in [9.17, 15) is 8.42 Å². The van der Waals surface area contributed by atoms with E-state index in [-0.39, 0.29) is 10.9 Å². The first-order valence-corrected chi connectivity index (χ1v) is 9.91. The number of halogens is 1. The molecule has 0 bridgehead atoms. The first kappa shape index (κ1) is 16.1. The van der Waals surface area contributed by atoms with Crippen molar-refractivity contribution >= 4 is 37.7 Å². The van der Waals surface area contributed by atoms with Crippen molar-refractivity contribution in [1.29, 1.82) is 0 Å². The number of hydrogen-bond acceptors (Lipinski definition) is 4. The second-order valence-corrected chi connectivity index (χ2v) is 8.49. The number of benzene rings is 1. The van der Waals surface area contributed by atoms with Crippen LogP contribution in [0.15, 0.2) is 27.6 Å². The van der Waals surface area contributed by atoms with Gasteiger partial charge in [-0.3, -0.25) is 0 Å². The molecule has 2 atom stereocenters. The number of thioether (sulfide) groups is 1. The predicted molar refractivity (Wildman–Crippen MR) is 86.0 cm³/mol.